The average Bonchev–Trinajstić information content (AvgIpc) is 3.06. The lowest BCUT2D eigenvalue weighted by Crippen LogP contribution is -1.99. The fourth-order valence-electron chi connectivity index (χ4n) is 3.33. The van der Waals surface area contributed by atoms with Gasteiger partial charge in [0.15, 0.2) is 0 Å². The molecular weight excluding hydrogens is 334 g/mol. The Hall–Kier alpha value is -3.58. The van der Waals surface area contributed by atoms with Gasteiger partial charge in [-0.2, -0.15) is 5.26 Å². The second-order valence-electron chi connectivity index (χ2n) is 6.52. The summed E-state index contributed by atoms with van der Waals surface area (Å²) in [6, 6.07) is 21.9. The van der Waals surface area contributed by atoms with Gasteiger partial charge >= 0.3 is 0 Å². The van der Waals surface area contributed by atoms with E-state index in [1.54, 1.807) is 7.11 Å². The number of aromatic nitrogens is 2. The molecule has 0 saturated carbocycles. The predicted octanol–water partition coefficient (Wildman–Crippen LogP) is 4.78. The van der Waals surface area contributed by atoms with Gasteiger partial charge in [-0.05, 0) is 36.8 Å². The summed E-state index contributed by atoms with van der Waals surface area (Å²) in [6.45, 7) is 2.08. The zero-order chi connectivity index (χ0) is 18.8. The van der Waals surface area contributed by atoms with Crippen LogP contribution in [-0.2, 0) is 6.42 Å². The van der Waals surface area contributed by atoms with E-state index in [1.807, 2.05) is 48.5 Å². The summed E-state index contributed by atoms with van der Waals surface area (Å²) in [7, 11) is 1.69. The molecule has 132 valence electrons. The molecule has 27 heavy (non-hydrogen) atoms. The van der Waals surface area contributed by atoms with Gasteiger partial charge in [0.1, 0.15) is 11.4 Å². The smallest absolute Gasteiger partial charge is 0.137 e. The van der Waals surface area contributed by atoms with Gasteiger partial charge < -0.3 is 9.14 Å². The first-order chi connectivity index (χ1) is 13.2. The molecular formula is C23H19N3O. The number of fused-ring (bicyclic) bond motifs is 1. The molecule has 0 atom stereocenters. The molecule has 0 saturated heterocycles. The zero-order valence-electron chi connectivity index (χ0n) is 15.3. The van der Waals surface area contributed by atoms with Crippen LogP contribution in [0.25, 0.3) is 16.9 Å². The molecule has 2 aromatic heterocycles. The third-order valence-corrected chi connectivity index (χ3v) is 4.70. The van der Waals surface area contributed by atoms with Crippen LogP contribution < -0.4 is 4.74 Å². The van der Waals surface area contributed by atoms with Gasteiger partial charge in [0.05, 0.1) is 30.1 Å². The Kier molecular flexibility index (Phi) is 4.35. The van der Waals surface area contributed by atoms with E-state index in [0.29, 0.717) is 12.0 Å². The number of pyridine rings is 1. The lowest BCUT2D eigenvalue weighted by Gasteiger charge is -2.10. The molecule has 0 aliphatic rings. The molecule has 4 heteroatoms. The van der Waals surface area contributed by atoms with E-state index < -0.39 is 0 Å². The second kappa shape index (κ2) is 6.97. The molecule has 0 aliphatic carbocycles. The molecule has 2 aromatic carbocycles. The number of rotatable bonds is 4. The van der Waals surface area contributed by atoms with Crippen LogP contribution in [0.3, 0.4) is 0 Å². The van der Waals surface area contributed by atoms with E-state index in [0.717, 1.165) is 33.9 Å². The summed E-state index contributed by atoms with van der Waals surface area (Å²) in [4.78, 5) is 4.87. The van der Waals surface area contributed by atoms with Gasteiger partial charge in [0.25, 0.3) is 0 Å². The normalized spacial score (nSPS) is 10.7. The lowest BCUT2D eigenvalue weighted by molar-refractivity contribution is 0.410. The Bertz CT molecular complexity index is 1150. The van der Waals surface area contributed by atoms with Gasteiger partial charge in [0.2, 0.25) is 0 Å². The summed E-state index contributed by atoms with van der Waals surface area (Å²) in [5, 5.41) is 9.07. The van der Waals surface area contributed by atoms with Crippen molar-refractivity contribution < 1.29 is 4.74 Å². The zero-order valence-corrected chi connectivity index (χ0v) is 15.3. The molecule has 2 heterocycles. The lowest BCUT2D eigenvalue weighted by atomic mass is 10.0. The highest BCUT2D eigenvalue weighted by molar-refractivity contribution is 5.68. The summed E-state index contributed by atoms with van der Waals surface area (Å²) < 4.78 is 7.69. The van der Waals surface area contributed by atoms with Crippen molar-refractivity contribution in [2.45, 2.75) is 13.3 Å². The molecule has 0 N–H and O–H groups in total. The van der Waals surface area contributed by atoms with E-state index >= 15 is 0 Å². The molecule has 0 bridgehead atoms. The van der Waals surface area contributed by atoms with E-state index in [4.69, 9.17) is 15.0 Å². The second-order valence-corrected chi connectivity index (χ2v) is 6.52. The Labute approximate surface area is 158 Å². The van der Waals surface area contributed by atoms with Crippen molar-refractivity contribution in [1.82, 2.24) is 9.38 Å². The largest absolute Gasteiger partial charge is 0.496 e. The Morgan fingerprint density at radius 3 is 2.56 bits per heavy atom. The van der Waals surface area contributed by atoms with Crippen LogP contribution in [0.5, 0.6) is 5.75 Å². The van der Waals surface area contributed by atoms with Crippen molar-refractivity contribution in [1.29, 1.82) is 5.26 Å². The predicted molar refractivity (Wildman–Crippen MR) is 106 cm³/mol. The van der Waals surface area contributed by atoms with Crippen LogP contribution in [0.1, 0.15) is 22.4 Å². The number of imidazole rings is 1. The van der Waals surface area contributed by atoms with Crippen molar-refractivity contribution in [3.05, 3.63) is 89.2 Å². The molecule has 0 aliphatic heterocycles. The summed E-state index contributed by atoms with van der Waals surface area (Å²) in [6.07, 6.45) is 2.81. The van der Waals surface area contributed by atoms with Gasteiger partial charge in [0, 0.05) is 23.7 Å². The van der Waals surface area contributed by atoms with Gasteiger partial charge in [-0.3, -0.25) is 0 Å². The quantitative estimate of drug-likeness (QED) is 0.530. The maximum Gasteiger partial charge on any atom is 0.137 e. The first kappa shape index (κ1) is 16.9. The van der Waals surface area contributed by atoms with Crippen molar-refractivity contribution in [3.63, 3.8) is 0 Å². The molecule has 0 spiro atoms. The van der Waals surface area contributed by atoms with Crippen molar-refractivity contribution in [2.24, 2.45) is 0 Å². The number of hydrogen-bond acceptors (Lipinski definition) is 3. The minimum Gasteiger partial charge on any atom is -0.496 e. The SMILES string of the molecule is COc1ccccc1Cc1c(-c2ccc(C#N)cc2)nc2ccc(C)cn12. The molecule has 0 radical (unpaired) electrons. The van der Waals surface area contributed by atoms with Crippen LogP contribution in [0.2, 0.25) is 0 Å². The summed E-state index contributed by atoms with van der Waals surface area (Å²) in [5.74, 6) is 0.867. The van der Waals surface area contributed by atoms with Gasteiger partial charge in [-0.1, -0.05) is 36.4 Å². The number of nitrogens with zero attached hydrogens (tertiary/aromatic N) is 3. The van der Waals surface area contributed by atoms with Crippen LogP contribution in [0.4, 0.5) is 0 Å². The third kappa shape index (κ3) is 3.16. The topological polar surface area (TPSA) is 50.3 Å². The maximum atomic E-state index is 9.07. The van der Waals surface area contributed by atoms with E-state index in [2.05, 4.69) is 35.7 Å². The molecule has 0 fully saturated rings. The monoisotopic (exact) mass is 353 g/mol. The minimum atomic E-state index is 0.643. The van der Waals surface area contributed by atoms with Crippen molar-refractivity contribution in [2.75, 3.05) is 7.11 Å². The van der Waals surface area contributed by atoms with Crippen molar-refractivity contribution in [3.8, 4) is 23.1 Å². The Morgan fingerprint density at radius 2 is 1.81 bits per heavy atom. The fourth-order valence-corrected chi connectivity index (χ4v) is 3.33. The molecule has 4 rings (SSSR count). The van der Waals surface area contributed by atoms with Crippen molar-refractivity contribution >= 4 is 5.65 Å². The van der Waals surface area contributed by atoms with Crippen LogP contribution in [0.15, 0.2) is 66.9 Å². The summed E-state index contributed by atoms with van der Waals surface area (Å²) >= 11 is 0. The maximum absolute atomic E-state index is 9.07. The molecule has 0 amide bonds. The Morgan fingerprint density at radius 1 is 1.04 bits per heavy atom. The Balaban J connectivity index is 1.90. The number of ether oxygens (including phenoxy) is 1. The third-order valence-electron chi connectivity index (χ3n) is 4.70. The standard InChI is InChI=1S/C23H19N3O/c1-16-7-12-22-25-23(18-10-8-17(14-24)9-11-18)20(26(22)15-16)13-19-5-3-4-6-21(19)27-2/h3-12,15H,13H2,1-2H3. The van der Waals surface area contributed by atoms with Gasteiger partial charge in [-0.15, -0.1) is 0 Å². The minimum absolute atomic E-state index is 0.643. The average molecular weight is 353 g/mol. The highest BCUT2D eigenvalue weighted by Gasteiger charge is 2.16. The van der Waals surface area contributed by atoms with E-state index in [-0.39, 0.29) is 0 Å². The number of aryl methyl sites for hydroxylation is 1. The van der Waals surface area contributed by atoms with E-state index in [1.165, 1.54) is 5.56 Å². The van der Waals surface area contributed by atoms with Crippen LogP contribution in [0, 0.1) is 18.3 Å². The first-order valence-electron chi connectivity index (χ1n) is 8.79. The van der Waals surface area contributed by atoms with Crippen LogP contribution in [-0.4, -0.2) is 16.5 Å². The molecule has 4 aromatic rings. The summed E-state index contributed by atoms with van der Waals surface area (Å²) in [5.41, 5.74) is 6.86. The van der Waals surface area contributed by atoms with Gasteiger partial charge in [-0.25, -0.2) is 4.98 Å². The molecule has 4 nitrogen and oxygen atoms in total. The first-order valence-corrected chi connectivity index (χ1v) is 8.79. The number of para-hydroxylation sites is 1. The number of hydrogen-bond donors (Lipinski definition) is 0. The number of nitriles is 1. The fraction of sp³-hybridized carbons (Fsp3) is 0.130. The highest BCUT2D eigenvalue weighted by Crippen LogP contribution is 2.29. The highest BCUT2D eigenvalue weighted by atomic mass is 16.5. The number of benzene rings is 2. The molecule has 0 unspecified atom stereocenters. The van der Waals surface area contributed by atoms with Crippen LogP contribution >= 0.6 is 0 Å². The number of methoxy groups -OCH3 is 1. The van der Waals surface area contributed by atoms with E-state index in [9.17, 15) is 0 Å².